The first kappa shape index (κ1) is 16.8. The summed E-state index contributed by atoms with van der Waals surface area (Å²) in [4.78, 5) is 4.22. The van der Waals surface area contributed by atoms with Crippen LogP contribution >= 0.6 is 11.8 Å². The molecule has 0 radical (unpaired) electrons. The monoisotopic (exact) mass is 317 g/mol. The number of nitrogens with zero attached hydrogens (tertiary/aromatic N) is 1. The van der Waals surface area contributed by atoms with Gasteiger partial charge < -0.3 is 9.84 Å². The van der Waals surface area contributed by atoms with Gasteiger partial charge in [-0.1, -0.05) is 26.0 Å². The van der Waals surface area contributed by atoms with Gasteiger partial charge in [-0.25, -0.2) is 4.98 Å². The van der Waals surface area contributed by atoms with Crippen molar-refractivity contribution >= 4 is 11.8 Å². The highest BCUT2D eigenvalue weighted by Crippen LogP contribution is 2.23. The van der Waals surface area contributed by atoms with Gasteiger partial charge in [0.1, 0.15) is 12.4 Å². The van der Waals surface area contributed by atoms with E-state index in [-0.39, 0.29) is 0 Å². The lowest BCUT2D eigenvalue weighted by Gasteiger charge is -2.14. The van der Waals surface area contributed by atoms with Crippen molar-refractivity contribution in [3.63, 3.8) is 0 Å². The van der Waals surface area contributed by atoms with Gasteiger partial charge in [-0.2, -0.15) is 0 Å². The van der Waals surface area contributed by atoms with Crippen LogP contribution < -0.4 is 4.74 Å². The molecule has 118 valence electrons. The molecule has 0 spiro atoms. The Balaban J connectivity index is 1.81. The SMILES string of the molecule is Cc1cc(OC[C@H](O)CSc2ccccn2)ccc1C(C)C. The topological polar surface area (TPSA) is 42.4 Å². The lowest BCUT2D eigenvalue weighted by molar-refractivity contribution is 0.126. The Morgan fingerprint density at radius 2 is 2.05 bits per heavy atom. The van der Waals surface area contributed by atoms with Crippen LogP contribution in [0.25, 0.3) is 0 Å². The van der Waals surface area contributed by atoms with Gasteiger partial charge in [0.15, 0.2) is 0 Å². The number of pyridine rings is 1. The van der Waals surface area contributed by atoms with Crippen molar-refractivity contribution in [3.8, 4) is 5.75 Å². The number of benzene rings is 1. The number of thioether (sulfide) groups is 1. The Morgan fingerprint density at radius 1 is 1.23 bits per heavy atom. The molecule has 4 heteroatoms. The number of rotatable bonds is 7. The van der Waals surface area contributed by atoms with E-state index in [9.17, 15) is 5.11 Å². The van der Waals surface area contributed by atoms with Crippen molar-refractivity contribution in [1.29, 1.82) is 0 Å². The lowest BCUT2D eigenvalue weighted by atomic mass is 9.98. The maximum atomic E-state index is 10.0. The number of aliphatic hydroxyl groups is 1. The summed E-state index contributed by atoms with van der Waals surface area (Å²) in [6.45, 7) is 6.75. The maximum Gasteiger partial charge on any atom is 0.119 e. The van der Waals surface area contributed by atoms with Gasteiger partial charge in [-0.3, -0.25) is 0 Å². The molecular formula is C18H23NO2S. The third-order valence-corrected chi connectivity index (χ3v) is 4.46. The van der Waals surface area contributed by atoms with E-state index >= 15 is 0 Å². The van der Waals surface area contributed by atoms with E-state index < -0.39 is 6.10 Å². The number of aliphatic hydroxyl groups excluding tert-OH is 1. The summed E-state index contributed by atoms with van der Waals surface area (Å²) in [5.41, 5.74) is 2.56. The zero-order valence-corrected chi connectivity index (χ0v) is 14.1. The summed E-state index contributed by atoms with van der Waals surface area (Å²) in [6, 6.07) is 11.9. The maximum absolute atomic E-state index is 10.0. The second-order valence-electron chi connectivity index (χ2n) is 5.62. The molecule has 0 amide bonds. The normalized spacial score (nSPS) is 12.4. The van der Waals surface area contributed by atoms with Crippen molar-refractivity contribution in [3.05, 3.63) is 53.7 Å². The minimum atomic E-state index is -0.517. The molecule has 1 atom stereocenters. The number of aromatic nitrogens is 1. The van der Waals surface area contributed by atoms with Gasteiger partial charge in [0.2, 0.25) is 0 Å². The van der Waals surface area contributed by atoms with E-state index in [1.54, 1.807) is 6.20 Å². The van der Waals surface area contributed by atoms with Gasteiger partial charge >= 0.3 is 0 Å². The first-order valence-corrected chi connectivity index (χ1v) is 8.50. The number of hydrogen-bond donors (Lipinski definition) is 1. The van der Waals surface area contributed by atoms with Gasteiger partial charge in [0, 0.05) is 11.9 Å². The van der Waals surface area contributed by atoms with Crippen LogP contribution in [-0.4, -0.2) is 28.6 Å². The predicted octanol–water partition coefficient (Wildman–Crippen LogP) is 4.05. The Hall–Kier alpha value is -1.52. The van der Waals surface area contributed by atoms with Crippen molar-refractivity contribution in [2.24, 2.45) is 0 Å². The molecule has 0 fully saturated rings. The molecule has 0 unspecified atom stereocenters. The summed E-state index contributed by atoms with van der Waals surface area (Å²) in [5.74, 6) is 1.89. The highest BCUT2D eigenvalue weighted by atomic mass is 32.2. The van der Waals surface area contributed by atoms with Gasteiger partial charge in [-0.05, 0) is 48.2 Å². The molecular weight excluding hydrogens is 294 g/mol. The molecule has 0 aliphatic heterocycles. The highest BCUT2D eigenvalue weighted by molar-refractivity contribution is 7.99. The van der Waals surface area contributed by atoms with Crippen LogP contribution in [0.1, 0.15) is 30.9 Å². The van der Waals surface area contributed by atoms with E-state index in [0.29, 0.717) is 18.3 Å². The molecule has 2 rings (SSSR count). The van der Waals surface area contributed by atoms with E-state index in [1.165, 1.54) is 22.9 Å². The molecule has 1 heterocycles. The molecule has 1 aromatic heterocycles. The standard InChI is InChI=1S/C18H23NO2S/c1-13(2)17-8-7-16(10-14(17)3)21-11-15(20)12-22-18-6-4-5-9-19-18/h4-10,13,15,20H,11-12H2,1-3H3/t15-/m0/s1. The average molecular weight is 317 g/mol. The molecule has 0 saturated heterocycles. The Bertz CT molecular complexity index is 587. The fourth-order valence-corrected chi connectivity index (χ4v) is 3.01. The molecule has 0 bridgehead atoms. The zero-order valence-electron chi connectivity index (χ0n) is 13.3. The summed E-state index contributed by atoms with van der Waals surface area (Å²) in [6.07, 6.45) is 1.24. The molecule has 2 aromatic rings. The van der Waals surface area contributed by atoms with Crippen molar-refractivity contribution in [2.75, 3.05) is 12.4 Å². The van der Waals surface area contributed by atoms with Gasteiger partial charge in [-0.15, -0.1) is 11.8 Å². The summed E-state index contributed by atoms with van der Waals surface area (Å²) < 4.78 is 5.69. The summed E-state index contributed by atoms with van der Waals surface area (Å²) >= 11 is 1.53. The molecule has 3 nitrogen and oxygen atoms in total. The van der Waals surface area contributed by atoms with Crippen LogP contribution in [0, 0.1) is 6.92 Å². The molecule has 1 N–H and O–H groups in total. The Morgan fingerprint density at radius 3 is 2.68 bits per heavy atom. The van der Waals surface area contributed by atoms with Crippen molar-refractivity contribution < 1.29 is 9.84 Å². The first-order chi connectivity index (χ1) is 10.6. The summed E-state index contributed by atoms with van der Waals surface area (Å²) in [5, 5.41) is 10.9. The third kappa shape index (κ3) is 5.04. The third-order valence-electron chi connectivity index (χ3n) is 3.37. The van der Waals surface area contributed by atoms with E-state index in [0.717, 1.165) is 10.8 Å². The minimum Gasteiger partial charge on any atom is -0.491 e. The lowest BCUT2D eigenvalue weighted by Crippen LogP contribution is -2.20. The van der Waals surface area contributed by atoms with Crippen LogP contribution in [0.15, 0.2) is 47.6 Å². The fourth-order valence-electron chi connectivity index (χ4n) is 2.24. The van der Waals surface area contributed by atoms with Gasteiger partial charge in [0.05, 0.1) is 11.1 Å². The minimum absolute atomic E-state index is 0.292. The molecule has 0 saturated carbocycles. The average Bonchev–Trinajstić information content (AvgIpc) is 2.51. The second-order valence-corrected chi connectivity index (χ2v) is 6.66. The summed E-state index contributed by atoms with van der Waals surface area (Å²) in [7, 11) is 0. The first-order valence-electron chi connectivity index (χ1n) is 7.51. The largest absolute Gasteiger partial charge is 0.491 e. The van der Waals surface area contributed by atoms with Crippen LogP contribution in [0.4, 0.5) is 0 Å². The molecule has 1 aromatic carbocycles. The second kappa shape index (κ2) is 8.20. The van der Waals surface area contributed by atoms with Crippen LogP contribution in [0.3, 0.4) is 0 Å². The number of hydrogen-bond acceptors (Lipinski definition) is 4. The zero-order chi connectivity index (χ0) is 15.9. The molecule has 0 aliphatic carbocycles. The van der Waals surface area contributed by atoms with Crippen LogP contribution in [0.5, 0.6) is 5.75 Å². The highest BCUT2D eigenvalue weighted by Gasteiger charge is 2.09. The Labute approximate surface area is 136 Å². The van der Waals surface area contributed by atoms with E-state index in [1.807, 2.05) is 30.3 Å². The Kier molecular flexibility index (Phi) is 6.28. The van der Waals surface area contributed by atoms with Gasteiger partial charge in [0.25, 0.3) is 0 Å². The van der Waals surface area contributed by atoms with E-state index in [2.05, 4.69) is 31.8 Å². The van der Waals surface area contributed by atoms with Crippen molar-refractivity contribution in [1.82, 2.24) is 4.98 Å². The predicted molar refractivity (Wildman–Crippen MR) is 91.7 cm³/mol. The fraction of sp³-hybridized carbons (Fsp3) is 0.389. The molecule has 22 heavy (non-hydrogen) atoms. The smallest absolute Gasteiger partial charge is 0.119 e. The van der Waals surface area contributed by atoms with Crippen molar-refractivity contribution in [2.45, 2.75) is 37.8 Å². The van der Waals surface area contributed by atoms with Crippen LogP contribution in [-0.2, 0) is 0 Å². The quantitative estimate of drug-likeness (QED) is 0.783. The molecule has 0 aliphatic rings. The van der Waals surface area contributed by atoms with Crippen LogP contribution in [0.2, 0.25) is 0 Å². The number of aryl methyl sites for hydroxylation is 1. The van der Waals surface area contributed by atoms with E-state index in [4.69, 9.17) is 4.74 Å². The number of ether oxygens (including phenoxy) is 1.